The van der Waals surface area contributed by atoms with Crippen molar-refractivity contribution in [3.05, 3.63) is 22.5 Å². The minimum absolute atomic E-state index is 0.0101. The van der Waals surface area contributed by atoms with Crippen LogP contribution in [-0.2, 0) is 16.4 Å². The van der Waals surface area contributed by atoms with Crippen LogP contribution in [0.4, 0.5) is 29.9 Å². The molecule has 0 aliphatic heterocycles. The lowest BCUT2D eigenvalue weighted by Gasteiger charge is -2.16. The second-order valence-corrected chi connectivity index (χ2v) is 7.03. The maximum absolute atomic E-state index is 13.0. The number of nitrogens with one attached hydrogen (secondary N) is 2. The van der Waals surface area contributed by atoms with E-state index in [9.17, 15) is 18.0 Å². The summed E-state index contributed by atoms with van der Waals surface area (Å²) in [6.45, 7) is 6.94. The van der Waals surface area contributed by atoms with E-state index in [4.69, 9.17) is 5.73 Å². The summed E-state index contributed by atoms with van der Waals surface area (Å²) in [5, 5.41) is 6.45. The number of hydrogen-bond acceptors (Lipinski definition) is 7. The van der Waals surface area contributed by atoms with Gasteiger partial charge in [-0.1, -0.05) is 11.3 Å². The van der Waals surface area contributed by atoms with Crippen molar-refractivity contribution in [2.24, 2.45) is 5.73 Å². The summed E-state index contributed by atoms with van der Waals surface area (Å²) in [7, 11) is 0. The third-order valence-electron chi connectivity index (χ3n) is 3.61. The highest BCUT2D eigenvalue weighted by atomic mass is 32.1. The van der Waals surface area contributed by atoms with Crippen molar-refractivity contribution in [2.45, 2.75) is 39.3 Å². The van der Waals surface area contributed by atoms with Crippen LogP contribution in [-0.4, -0.2) is 27.4 Å². The van der Waals surface area contributed by atoms with Crippen LogP contribution in [0.15, 0.2) is 6.20 Å². The molecule has 11 heteroatoms. The number of nitrogens with two attached hydrogens (primary N) is 1. The second-order valence-electron chi connectivity index (χ2n) is 6.03. The molecule has 0 atom stereocenters. The van der Waals surface area contributed by atoms with Crippen molar-refractivity contribution in [3.8, 4) is 0 Å². The van der Waals surface area contributed by atoms with Gasteiger partial charge in [-0.3, -0.25) is 4.79 Å². The average Bonchev–Trinajstić information content (AvgIpc) is 2.88. The van der Waals surface area contributed by atoms with Crippen molar-refractivity contribution in [3.63, 3.8) is 0 Å². The van der Waals surface area contributed by atoms with Gasteiger partial charge in [0.1, 0.15) is 21.4 Å². The smallest absolute Gasteiger partial charge is 0.370 e. The molecule has 0 aromatic carbocycles. The monoisotopic (exact) mass is 388 g/mol. The van der Waals surface area contributed by atoms with Crippen LogP contribution in [0.1, 0.15) is 37.0 Å². The maximum Gasteiger partial charge on any atom is 0.421 e. The number of thiazole rings is 1. The summed E-state index contributed by atoms with van der Waals surface area (Å²) < 4.78 is 39.0. The van der Waals surface area contributed by atoms with Gasteiger partial charge in [0.05, 0.1) is 11.1 Å². The molecule has 0 spiro atoms. The number of rotatable bonds is 6. The topological polar surface area (TPSA) is 106 Å². The number of nitrogens with zero attached hydrogens (tertiary/aromatic N) is 3. The Hall–Kier alpha value is -2.43. The molecule has 0 aliphatic carbocycles. The van der Waals surface area contributed by atoms with Gasteiger partial charge in [0, 0.05) is 12.7 Å². The minimum Gasteiger partial charge on any atom is -0.370 e. The first-order valence-electron chi connectivity index (χ1n) is 7.69. The largest absolute Gasteiger partial charge is 0.421 e. The SMILES string of the molecule is CCNc1nc(Nc2sc(C(C)(C)C(N)=O)nc2C)ncc1C(F)(F)F. The van der Waals surface area contributed by atoms with E-state index in [0.29, 0.717) is 15.7 Å². The van der Waals surface area contributed by atoms with Crippen LogP contribution in [0.2, 0.25) is 0 Å². The third kappa shape index (κ3) is 4.03. The number of anilines is 3. The number of amides is 1. The van der Waals surface area contributed by atoms with Gasteiger partial charge in [-0.05, 0) is 27.7 Å². The Balaban J connectivity index is 2.36. The van der Waals surface area contributed by atoms with Crippen LogP contribution < -0.4 is 16.4 Å². The molecule has 142 valence electrons. The zero-order valence-electron chi connectivity index (χ0n) is 14.7. The van der Waals surface area contributed by atoms with E-state index in [2.05, 4.69) is 25.6 Å². The van der Waals surface area contributed by atoms with Gasteiger partial charge < -0.3 is 16.4 Å². The Bertz CT molecular complexity index is 818. The summed E-state index contributed by atoms with van der Waals surface area (Å²) >= 11 is 1.17. The maximum atomic E-state index is 13.0. The number of carbonyl (C=O) groups is 1. The Morgan fingerprint density at radius 3 is 2.50 bits per heavy atom. The van der Waals surface area contributed by atoms with Gasteiger partial charge in [-0.15, -0.1) is 0 Å². The summed E-state index contributed by atoms with van der Waals surface area (Å²) in [6.07, 6.45) is -3.84. The average molecular weight is 388 g/mol. The molecular formula is C15H19F3N6OS. The zero-order chi connectivity index (χ0) is 19.7. The van der Waals surface area contributed by atoms with Gasteiger partial charge in [-0.2, -0.15) is 18.2 Å². The summed E-state index contributed by atoms with van der Waals surface area (Å²) in [5.41, 5.74) is 4.05. The fourth-order valence-electron chi connectivity index (χ4n) is 1.94. The first kappa shape index (κ1) is 19.9. The normalized spacial score (nSPS) is 12.1. The lowest BCUT2D eigenvalue weighted by atomic mass is 9.94. The number of aromatic nitrogens is 3. The van der Waals surface area contributed by atoms with E-state index in [1.54, 1.807) is 27.7 Å². The molecule has 4 N–H and O–H groups in total. The highest BCUT2D eigenvalue weighted by molar-refractivity contribution is 7.16. The van der Waals surface area contributed by atoms with Crippen molar-refractivity contribution < 1.29 is 18.0 Å². The Kier molecular flexibility index (Phi) is 5.40. The molecule has 26 heavy (non-hydrogen) atoms. The molecule has 0 unspecified atom stereocenters. The number of hydrogen-bond donors (Lipinski definition) is 3. The van der Waals surface area contributed by atoms with E-state index in [0.717, 1.165) is 6.20 Å². The van der Waals surface area contributed by atoms with Crippen LogP contribution in [0.3, 0.4) is 0 Å². The minimum atomic E-state index is -4.56. The van der Waals surface area contributed by atoms with Crippen molar-refractivity contribution in [2.75, 3.05) is 17.2 Å². The molecule has 0 fully saturated rings. The van der Waals surface area contributed by atoms with E-state index in [-0.39, 0.29) is 18.3 Å². The molecule has 0 saturated carbocycles. The molecular weight excluding hydrogens is 369 g/mol. The van der Waals surface area contributed by atoms with Crippen LogP contribution in [0.5, 0.6) is 0 Å². The lowest BCUT2D eigenvalue weighted by molar-refractivity contribution is -0.137. The molecule has 7 nitrogen and oxygen atoms in total. The Labute approximate surface area is 152 Å². The van der Waals surface area contributed by atoms with Crippen LogP contribution >= 0.6 is 11.3 Å². The summed E-state index contributed by atoms with van der Waals surface area (Å²) in [4.78, 5) is 23.5. The second kappa shape index (κ2) is 7.06. The van der Waals surface area contributed by atoms with E-state index < -0.39 is 23.1 Å². The number of alkyl halides is 3. The number of carbonyl (C=O) groups excluding carboxylic acids is 1. The molecule has 0 aliphatic rings. The predicted molar refractivity (Wildman–Crippen MR) is 93.6 cm³/mol. The Morgan fingerprint density at radius 2 is 1.96 bits per heavy atom. The first-order valence-corrected chi connectivity index (χ1v) is 8.51. The standard InChI is InChI=1S/C15H19F3N6OS/c1-5-20-9-8(15(16,17)18)6-21-13(23-9)24-10-7(2)22-12(26-10)14(3,4)11(19)25/h6H,5H2,1-4H3,(H2,19,25)(H2,20,21,23,24). The molecule has 2 aromatic heterocycles. The molecule has 0 saturated heterocycles. The van der Waals surface area contributed by atoms with Gasteiger partial charge in [0.15, 0.2) is 0 Å². The molecule has 2 aromatic rings. The van der Waals surface area contributed by atoms with Crippen LogP contribution in [0, 0.1) is 6.92 Å². The summed E-state index contributed by atoms with van der Waals surface area (Å²) in [5.74, 6) is -0.848. The molecule has 2 heterocycles. The highest BCUT2D eigenvalue weighted by Gasteiger charge is 2.35. The van der Waals surface area contributed by atoms with Gasteiger partial charge in [0.25, 0.3) is 0 Å². The fraction of sp³-hybridized carbons (Fsp3) is 0.467. The third-order valence-corrected chi connectivity index (χ3v) is 5.01. The molecule has 1 amide bonds. The van der Waals surface area contributed by atoms with Crippen LogP contribution in [0.25, 0.3) is 0 Å². The van der Waals surface area contributed by atoms with E-state index in [1.807, 2.05) is 0 Å². The van der Waals surface area contributed by atoms with Gasteiger partial charge in [-0.25, -0.2) is 9.97 Å². The first-order chi connectivity index (χ1) is 12.0. The van der Waals surface area contributed by atoms with Gasteiger partial charge >= 0.3 is 6.18 Å². The fourth-order valence-corrected chi connectivity index (χ4v) is 3.01. The number of halogens is 3. The van der Waals surface area contributed by atoms with Crippen molar-refractivity contribution in [1.29, 1.82) is 0 Å². The Morgan fingerprint density at radius 1 is 1.31 bits per heavy atom. The van der Waals surface area contributed by atoms with Crippen molar-refractivity contribution >= 4 is 34.0 Å². The van der Waals surface area contributed by atoms with E-state index in [1.165, 1.54) is 11.3 Å². The van der Waals surface area contributed by atoms with Gasteiger partial charge in [0.2, 0.25) is 11.9 Å². The zero-order valence-corrected chi connectivity index (χ0v) is 15.5. The molecule has 2 rings (SSSR count). The summed E-state index contributed by atoms with van der Waals surface area (Å²) in [6, 6.07) is 0. The van der Waals surface area contributed by atoms with Crippen molar-refractivity contribution in [1.82, 2.24) is 15.0 Å². The molecule has 0 radical (unpaired) electrons. The number of primary amides is 1. The molecule has 0 bridgehead atoms. The highest BCUT2D eigenvalue weighted by Crippen LogP contribution is 2.36. The quantitative estimate of drug-likeness (QED) is 0.702. The predicted octanol–water partition coefficient (Wildman–Crippen LogP) is 3.20. The lowest BCUT2D eigenvalue weighted by Crippen LogP contribution is -2.35. The number of aryl methyl sites for hydroxylation is 1. The van der Waals surface area contributed by atoms with E-state index >= 15 is 0 Å².